The predicted octanol–water partition coefficient (Wildman–Crippen LogP) is 2.49. The zero-order valence-corrected chi connectivity index (χ0v) is 46.3. The minimum absolute atomic E-state index is 0.119. The van der Waals surface area contributed by atoms with Crippen LogP contribution in [0.15, 0.2) is 37.7 Å². The molecule has 2 aliphatic heterocycles. The van der Waals surface area contributed by atoms with E-state index in [0.29, 0.717) is 98.7 Å². The molecule has 0 radical (unpaired) electrons. The van der Waals surface area contributed by atoms with E-state index < -0.39 is 97.9 Å². The number of hydrogen-bond donors (Lipinski definition) is 8. The summed E-state index contributed by atoms with van der Waals surface area (Å²) in [6.07, 6.45) is 8.12. The number of carboxylic acids is 4. The molecule has 0 amide bonds. The molecule has 3 fully saturated rings. The van der Waals surface area contributed by atoms with Crippen LogP contribution in [-0.4, -0.2) is 168 Å². The maximum Gasteiger partial charge on any atom is 0.303 e. The highest BCUT2D eigenvalue weighted by atomic mass is 16.5. The number of rotatable bonds is 26. The second-order valence-corrected chi connectivity index (χ2v) is 21.3. The summed E-state index contributed by atoms with van der Waals surface area (Å²) in [7, 11) is 3.77. The van der Waals surface area contributed by atoms with Gasteiger partial charge < -0.3 is 60.3 Å². The number of tetrazole rings is 2. The standard InChI is InChI=1S/C50H64N24O10/c1-5-73-65-43(63-67-73)39-29(15-33(75)76)31(17-35(79)80)47(83-39)71-23-55-37-41(59-49(61-45(37)71)51-13-11-27-19-69(3)21-53-27)57-25-7-9-26(10-8-25)58-42-38-46(62-50(60-42)52-14-12-28-20-70(4)22-54-28)72(24-56-38)48-32(18-36(81)82)30(16-34(77)78)40(84-48)44-64-68-74(6-2)66-44/h19-26,29-32,39-40,47-48H,5-18H2,1-4H3,(H,75,76)(H,77,78)(H,79,80)(H,81,82)(H2,51,57,59,61)(H2,52,58,60,62)/t25-,26-,29-,30-,31-,32-,39-,40-,47-,48-/m1/s1. The lowest BCUT2D eigenvalue weighted by Crippen LogP contribution is -2.33. The van der Waals surface area contributed by atoms with E-state index in [2.05, 4.69) is 62.1 Å². The molecule has 10 heterocycles. The molecular weight excluding hydrogens is 1100 g/mol. The Hall–Kier alpha value is -9.34. The molecule has 34 heteroatoms. The molecule has 34 nitrogen and oxygen atoms in total. The molecule has 8 atom stereocenters. The van der Waals surface area contributed by atoms with Crippen molar-refractivity contribution in [2.75, 3.05) is 34.4 Å². The third-order valence-electron chi connectivity index (χ3n) is 15.5. The molecule has 0 spiro atoms. The average Bonchev–Trinajstić information content (AvgIpc) is 2.31. The lowest BCUT2D eigenvalue weighted by molar-refractivity contribution is -0.142. The number of aryl methyl sites for hydroxylation is 4. The van der Waals surface area contributed by atoms with Gasteiger partial charge in [0.2, 0.25) is 23.5 Å². The Morgan fingerprint density at radius 2 is 0.940 bits per heavy atom. The van der Waals surface area contributed by atoms with Crippen LogP contribution in [0.2, 0.25) is 0 Å². The SMILES string of the molecule is CCn1nnc([C@@H]2O[C@@H](n3cnc4c(N[C@H]5CC[C@H](Nc6nc(NCCc7cn(C)cn7)nc7c6ncn7[C@@H]6O[C@@H](c7nnn(CC)n7)[C@H](CC(=O)O)[C@H]6CC(=O)O)CC5)nc(NCCc5cn(C)cn5)nc43)[C@H](CC(=O)O)[C@H]2CC(=O)O)n1. The van der Waals surface area contributed by atoms with E-state index in [0.717, 1.165) is 11.4 Å². The number of carboxylic acid groups (broad SMARTS) is 4. The Kier molecular flexibility index (Phi) is 16.3. The molecule has 8 N–H and O–H groups in total. The number of nitrogens with zero attached hydrogens (tertiary/aromatic N) is 20. The smallest absolute Gasteiger partial charge is 0.303 e. The molecule has 8 aromatic rings. The van der Waals surface area contributed by atoms with Crippen molar-refractivity contribution < 1.29 is 49.1 Å². The van der Waals surface area contributed by atoms with Crippen LogP contribution < -0.4 is 21.3 Å². The average molecular weight is 1160 g/mol. The third kappa shape index (κ3) is 12.2. The number of hydrogen-bond acceptors (Lipinski definition) is 24. The number of fused-ring (bicyclic) bond motifs is 2. The molecule has 1 aliphatic carbocycles. The van der Waals surface area contributed by atoms with Crippen LogP contribution in [0.1, 0.15) is 113 Å². The summed E-state index contributed by atoms with van der Waals surface area (Å²) in [5.74, 6) is -6.46. The number of aromatic nitrogens is 20. The molecule has 8 aromatic heterocycles. The zero-order valence-electron chi connectivity index (χ0n) is 46.3. The first kappa shape index (κ1) is 56.5. The van der Waals surface area contributed by atoms with Gasteiger partial charge in [-0.05, 0) is 50.0 Å². The van der Waals surface area contributed by atoms with Crippen molar-refractivity contribution in [1.29, 1.82) is 0 Å². The van der Waals surface area contributed by atoms with E-state index in [-0.39, 0.29) is 35.6 Å². The molecular formula is C50H64N24O10. The van der Waals surface area contributed by atoms with E-state index in [9.17, 15) is 39.6 Å². The molecule has 3 aliphatic rings. The van der Waals surface area contributed by atoms with Gasteiger partial charge in [-0.1, -0.05) is 0 Å². The van der Waals surface area contributed by atoms with Crippen molar-refractivity contribution in [3.05, 3.63) is 60.7 Å². The largest absolute Gasteiger partial charge is 0.481 e. The highest BCUT2D eigenvalue weighted by Gasteiger charge is 2.51. The van der Waals surface area contributed by atoms with Crippen LogP contribution in [0.3, 0.4) is 0 Å². The van der Waals surface area contributed by atoms with Crippen LogP contribution in [0.25, 0.3) is 22.3 Å². The number of nitrogens with one attached hydrogen (secondary N) is 4. The minimum Gasteiger partial charge on any atom is -0.481 e. The Labute approximate surface area is 476 Å². The molecule has 11 rings (SSSR count). The van der Waals surface area contributed by atoms with Crippen molar-refractivity contribution in [1.82, 2.24) is 98.6 Å². The predicted molar refractivity (Wildman–Crippen MR) is 290 cm³/mol. The van der Waals surface area contributed by atoms with Gasteiger partial charge in [0.15, 0.2) is 34.0 Å². The summed E-state index contributed by atoms with van der Waals surface area (Å²) >= 11 is 0. The quantitative estimate of drug-likeness (QED) is 0.0386. The maximum atomic E-state index is 12.5. The van der Waals surface area contributed by atoms with Gasteiger partial charge in [0, 0.05) is 88.2 Å². The number of ether oxygens (including phenoxy) is 2. The first-order chi connectivity index (χ1) is 40.6. The van der Waals surface area contributed by atoms with Crippen molar-refractivity contribution in [3.8, 4) is 0 Å². The number of imidazole rings is 4. The normalized spacial score (nSPS) is 23.3. The highest BCUT2D eigenvalue weighted by molar-refractivity contribution is 5.86. The highest BCUT2D eigenvalue weighted by Crippen LogP contribution is 2.52. The van der Waals surface area contributed by atoms with Gasteiger partial charge in [-0.15, -0.1) is 20.4 Å². The van der Waals surface area contributed by atoms with Gasteiger partial charge in [0.25, 0.3) is 0 Å². The van der Waals surface area contributed by atoms with Gasteiger partial charge in [-0.2, -0.15) is 29.5 Å². The second kappa shape index (κ2) is 24.2. The van der Waals surface area contributed by atoms with E-state index in [1.807, 2.05) is 49.5 Å². The van der Waals surface area contributed by atoms with E-state index >= 15 is 0 Å². The van der Waals surface area contributed by atoms with Crippen LogP contribution >= 0.6 is 0 Å². The third-order valence-corrected chi connectivity index (χ3v) is 15.5. The summed E-state index contributed by atoms with van der Waals surface area (Å²) < 4.78 is 20.2. The number of anilines is 4. The Bertz CT molecular complexity index is 3420. The molecule has 1 saturated carbocycles. The monoisotopic (exact) mass is 1160 g/mol. The molecule has 2 saturated heterocycles. The first-order valence-corrected chi connectivity index (χ1v) is 27.7. The molecule has 84 heavy (non-hydrogen) atoms. The van der Waals surface area contributed by atoms with Crippen LogP contribution in [0, 0.1) is 23.7 Å². The Morgan fingerprint density at radius 1 is 0.548 bits per heavy atom. The Balaban J connectivity index is 0.869. The fraction of sp³-hybridized carbons (Fsp3) is 0.560. The minimum atomic E-state index is -1.15. The summed E-state index contributed by atoms with van der Waals surface area (Å²) in [5.41, 5.74) is 3.07. The van der Waals surface area contributed by atoms with E-state index in [1.165, 1.54) is 22.2 Å². The topological polar surface area (TPSA) is 426 Å². The molecule has 0 unspecified atom stereocenters. The number of carbonyl (C=O) groups is 4. The van der Waals surface area contributed by atoms with Gasteiger partial charge in [-0.25, -0.2) is 19.9 Å². The lowest BCUT2D eigenvalue weighted by Gasteiger charge is -2.30. The van der Waals surface area contributed by atoms with Crippen molar-refractivity contribution in [2.24, 2.45) is 37.8 Å². The van der Waals surface area contributed by atoms with E-state index in [1.54, 1.807) is 21.8 Å². The number of aliphatic carboxylic acids is 4. The first-order valence-electron chi connectivity index (χ1n) is 27.7. The summed E-state index contributed by atoms with van der Waals surface area (Å²) in [4.78, 5) is 90.5. The van der Waals surface area contributed by atoms with Crippen molar-refractivity contribution in [3.63, 3.8) is 0 Å². The molecule has 0 bridgehead atoms. The Morgan fingerprint density at radius 3 is 1.29 bits per heavy atom. The fourth-order valence-electron chi connectivity index (χ4n) is 11.6. The van der Waals surface area contributed by atoms with Gasteiger partial charge in [-0.3, -0.25) is 28.3 Å². The summed E-state index contributed by atoms with van der Waals surface area (Å²) in [6, 6.07) is -0.239. The lowest BCUT2D eigenvalue weighted by atomic mass is 9.84. The van der Waals surface area contributed by atoms with Crippen molar-refractivity contribution in [2.45, 2.75) is 128 Å². The van der Waals surface area contributed by atoms with Crippen LogP contribution in [0.5, 0.6) is 0 Å². The van der Waals surface area contributed by atoms with Gasteiger partial charge in [0.05, 0.1) is 75.5 Å². The fourth-order valence-corrected chi connectivity index (χ4v) is 11.6. The van der Waals surface area contributed by atoms with Crippen LogP contribution in [0.4, 0.5) is 23.5 Å². The van der Waals surface area contributed by atoms with Gasteiger partial charge in [0.1, 0.15) is 24.7 Å². The van der Waals surface area contributed by atoms with Crippen LogP contribution in [-0.2, 0) is 68.7 Å². The van der Waals surface area contributed by atoms with Crippen molar-refractivity contribution >= 4 is 69.7 Å². The zero-order chi connectivity index (χ0) is 58.8. The maximum absolute atomic E-state index is 12.5. The molecule has 444 valence electrons. The molecule has 0 aromatic carbocycles. The summed E-state index contributed by atoms with van der Waals surface area (Å²) in [6.45, 7) is 5.26. The summed E-state index contributed by atoms with van der Waals surface area (Å²) in [5, 5.41) is 79.8. The van der Waals surface area contributed by atoms with Gasteiger partial charge >= 0.3 is 23.9 Å². The van der Waals surface area contributed by atoms with E-state index in [4.69, 9.17) is 39.4 Å². The second-order valence-electron chi connectivity index (χ2n) is 21.3.